The Morgan fingerprint density at radius 3 is 1.10 bits per heavy atom. The van der Waals surface area contributed by atoms with E-state index in [2.05, 4.69) is 81.8 Å². The van der Waals surface area contributed by atoms with Crippen molar-refractivity contribution in [2.75, 3.05) is 55.9 Å². The summed E-state index contributed by atoms with van der Waals surface area (Å²) in [6, 6.07) is 4.77. The minimum atomic E-state index is -1.04. The van der Waals surface area contributed by atoms with Gasteiger partial charge >= 0.3 is 0 Å². The van der Waals surface area contributed by atoms with Crippen molar-refractivity contribution >= 4 is 70.2 Å². The summed E-state index contributed by atoms with van der Waals surface area (Å²) in [6.45, 7) is 11.8. The lowest BCUT2D eigenvalue weighted by Crippen LogP contribution is -2.58. The van der Waals surface area contributed by atoms with Gasteiger partial charge in [0, 0.05) is 62.9 Å². The van der Waals surface area contributed by atoms with Gasteiger partial charge in [-0.1, -0.05) is 200 Å². The predicted octanol–water partition coefficient (Wildman–Crippen LogP) is 13.9. The van der Waals surface area contributed by atoms with Gasteiger partial charge in [0.25, 0.3) is 0 Å². The van der Waals surface area contributed by atoms with Crippen molar-refractivity contribution in [3.63, 3.8) is 0 Å². The molecule has 92 heavy (non-hydrogen) atoms. The number of nitrogens with zero attached hydrogens (tertiary/aromatic N) is 1. The molecule has 0 heterocycles. The molecule has 0 saturated heterocycles. The van der Waals surface area contributed by atoms with E-state index >= 15 is 0 Å². The van der Waals surface area contributed by atoms with Crippen LogP contribution in [0.3, 0.4) is 0 Å². The highest BCUT2D eigenvalue weighted by Crippen LogP contribution is 2.19. The highest BCUT2D eigenvalue weighted by molar-refractivity contribution is 6.18. The fourth-order valence-electron chi connectivity index (χ4n) is 11.2. The zero-order valence-electron chi connectivity index (χ0n) is 58.7. The molecule has 12 N–H and O–H groups in total. The van der Waals surface area contributed by atoms with Crippen molar-refractivity contribution in [1.29, 1.82) is 0 Å². The maximum Gasteiger partial charge on any atom is 0.243 e. The van der Waals surface area contributed by atoms with E-state index in [1.54, 1.807) is 6.92 Å². The highest BCUT2D eigenvalue weighted by atomic mass is 35.5. The molecular weight excluding hydrogens is 1200 g/mol. The Morgan fingerprint density at radius 1 is 0.391 bits per heavy atom. The summed E-state index contributed by atoms with van der Waals surface area (Å²) in [5.41, 5.74) is 19.9. The molecule has 0 aromatic heterocycles. The molecule has 1 rings (SSSR count). The van der Waals surface area contributed by atoms with E-state index in [1.165, 1.54) is 153 Å². The number of unbranched alkanes of at least 4 members (excludes halogenated alkanes) is 29. The summed E-state index contributed by atoms with van der Waals surface area (Å²) in [4.78, 5) is 94.4. The molecular formula is C73H136Cl2N10O7. The fraction of sp³-hybridized carbons (Fsp3) is 0.822. The number of carbonyl (C=O) groups is 7. The number of alkyl halides is 2. The lowest BCUT2D eigenvalue weighted by molar-refractivity contribution is -0.134. The number of benzene rings is 1. The Hall–Kier alpha value is -4.19. The van der Waals surface area contributed by atoms with E-state index in [1.807, 2.05) is 0 Å². The Morgan fingerprint density at radius 2 is 0.728 bits per heavy atom. The van der Waals surface area contributed by atoms with E-state index in [-0.39, 0.29) is 37.0 Å². The number of nitrogens with one attached hydrogen (secondary N) is 6. The van der Waals surface area contributed by atoms with Gasteiger partial charge in [0.2, 0.25) is 41.4 Å². The molecule has 0 spiro atoms. The molecule has 19 heteroatoms. The number of hydrogen-bond donors (Lipinski definition) is 9. The summed E-state index contributed by atoms with van der Waals surface area (Å²) in [5, 5.41) is 17.3. The lowest BCUT2D eigenvalue weighted by Gasteiger charge is -2.26. The van der Waals surface area contributed by atoms with E-state index in [0.717, 1.165) is 51.6 Å². The van der Waals surface area contributed by atoms with Gasteiger partial charge < -0.3 is 54.0 Å². The summed E-state index contributed by atoms with van der Waals surface area (Å²) >= 11 is 11.6. The van der Waals surface area contributed by atoms with Crippen LogP contribution in [-0.4, -0.2) is 117 Å². The van der Waals surface area contributed by atoms with Gasteiger partial charge in [-0.2, -0.15) is 0 Å². The molecule has 7 amide bonds. The molecule has 0 bridgehead atoms. The van der Waals surface area contributed by atoms with Crippen LogP contribution in [0.4, 0.5) is 5.69 Å². The molecule has 0 radical (unpaired) electrons. The predicted molar refractivity (Wildman–Crippen MR) is 386 cm³/mol. The molecule has 534 valence electrons. The van der Waals surface area contributed by atoms with Gasteiger partial charge in [0.1, 0.15) is 24.2 Å². The van der Waals surface area contributed by atoms with Gasteiger partial charge in [-0.05, 0) is 134 Å². The first-order valence-electron chi connectivity index (χ1n) is 37.1. The first-order valence-corrected chi connectivity index (χ1v) is 38.2. The molecule has 0 unspecified atom stereocenters. The van der Waals surface area contributed by atoms with Crippen LogP contribution in [-0.2, 0) is 40.0 Å². The monoisotopic (exact) mass is 1330 g/mol. The van der Waals surface area contributed by atoms with Crippen LogP contribution in [0, 0.1) is 0 Å². The largest absolute Gasteiger partial charge is 0.369 e. The Balaban J connectivity index is 0.00000417. The first kappa shape index (κ1) is 87.8. The summed E-state index contributed by atoms with van der Waals surface area (Å²) in [6.07, 6.45) is 42.1. The van der Waals surface area contributed by atoms with Gasteiger partial charge in [0.05, 0.1) is 0 Å². The van der Waals surface area contributed by atoms with Gasteiger partial charge in [-0.25, -0.2) is 0 Å². The van der Waals surface area contributed by atoms with Gasteiger partial charge in [-0.15, -0.1) is 23.2 Å². The third kappa shape index (κ3) is 51.2. The quantitative estimate of drug-likeness (QED) is 0.0220. The summed E-state index contributed by atoms with van der Waals surface area (Å²) in [5.74, 6) is -1.36. The number of aryl methyl sites for hydroxylation is 1. The topological polar surface area (TPSA) is 273 Å². The lowest BCUT2D eigenvalue weighted by atomic mass is 10.0. The minimum absolute atomic E-state index is 0.0269. The van der Waals surface area contributed by atoms with Crippen LogP contribution < -0.4 is 54.0 Å². The Kier molecular flexibility index (Phi) is 61.2. The zero-order chi connectivity index (χ0) is 67.9. The van der Waals surface area contributed by atoms with Crippen molar-refractivity contribution in [3.8, 4) is 0 Å². The minimum Gasteiger partial charge on any atom is -0.369 e. The molecule has 0 aliphatic carbocycles. The third-order valence-electron chi connectivity index (χ3n) is 17.1. The standard InChI is InChI=1S/C59H115N9O7.C14H21Cl2N/c1-4-7-9-11-13-15-17-19-21-23-25-27-29-43-54(70)64-48-38-34-42-50(65-55(71)44-30-28-26-24-22-20-18-16-14-12-10-8-5-2)57(73)67-52(41-32-36-46-61)59(75)68-51(40-31-35-45-60)58(74)66-49(56(62)72)39-33-37-47-63-53(69)6-3;1-2-3-4-13-5-7-14(8-6-13)17(11-9-15)12-10-16/h49-52H,4-48,60-61H2,1-3H3,(H2,62,72)(H,63,69)(H,64,70)(H,65,71)(H,66,74)(H,67,73)(H,68,75);5-8H,2-4,9-12H2,1H3/t49-,50+,51+,52-;/m1./s1. The molecule has 0 aliphatic rings. The Bertz CT molecular complexity index is 1970. The van der Waals surface area contributed by atoms with E-state index in [9.17, 15) is 33.6 Å². The fourth-order valence-corrected chi connectivity index (χ4v) is 11.6. The normalized spacial score (nSPS) is 12.4. The maximum atomic E-state index is 14.2. The second-order valence-corrected chi connectivity index (χ2v) is 26.2. The number of carbonyl (C=O) groups excluding carboxylic acids is 7. The van der Waals surface area contributed by atoms with E-state index < -0.39 is 47.8 Å². The summed E-state index contributed by atoms with van der Waals surface area (Å²) < 4.78 is 0. The smallest absolute Gasteiger partial charge is 0.243 e. The highest BCUT2D eigenvalue weighted by Gasteiger charge is 2.31. The molecule has 17 nitrogen and oxygen atoms in total. The van der Waals surface area contributed by atoms with Gasteiger partial charge in [0.15, 0.2) is 0 Å². The zero-order valence-corrected chi connectivity index (χ0v) is 60.2. The molecule has 0 saturated carbocycles. The van der Waals surface area contributed by atoms with Crippen LogP contribution in [0.25, 0.3) is 0 Å². The van der Waals surface area contributed by atoms with Crippen LogP contribution in [0.15, 0.2) is 24.3 Å². The average molecular weight is 1340 g/mol. The van der Waals surface area contributed by atoms with Crippen molar-refractivity contribution < 1.29 is 33.6 Å². The molecule has 4 atom stereocenters. The van der Waals surface area contributed by atoms with Crippen molar-refractivity contribution in [2.45, 2.75) is 334 Å². The van der Waals surface area contributed by atoms with Gasteiger partial charge in [-0.3, -0.25) is 33.6 Å². The first-order chi connectivity index (χ1) is 44.7. The Labute approximate surface area is 570 Å². The number of anilines is 1. The van der Waals surface area contributed by atoms with Crippen molar-refractivity contribution in [2.24, 2.45) is 17.2 Å². The van der Waals surface area contributed by atoms with Crippen molar-refractivity contribution in [1.82, 2.24) is 31.9 Å². The van der Waals surface area contributed by atoms with Crippen LogP contribution >= 0.6 is 23.2 Å². The second kappa shape index (κ2) is 64.2. The molecule has 0 fully saturated rings. The number of rotatable bonds is 63. The third-order valence-corrected chi connectivity index (χ3v) is 17.5. The molecule has 0 aliphatic heterocycles. The number of hydrogen-bond acceptors (Lipinski definition) is 10. The number of nitrogens with two attached hydrogens (primary N) is 3. The van der Waals surface area contributed by atoms with Crippen LogP contribution in [0.2, 0.25) is 0 Å². The number of primary amides is 1. The average Bonchev–Trinajstić information content (AvgIpc) is 1.38. The van der Waals surface area contributed by atoms with Crippen LogP contribution in [0.5, 0.6) is 0 Å². The number of halogens is 2. The van der Waals surface area contributed by atoms with E-state index in [4.69, 9.17) is 40.4 Å². The molecule has 1 aromatic rings. The maximum absolute atomic E-state index is 14.2. The SMILES string of the molecule is CCCCCCCCCCCCCCCC(=O)NCCCC[C@H](NC(=O)CCCCCCCCCCCCCCC)C(=O)N[C@H](CCCCN)C(=O)N[C@@H](CCCCN)C(=O)N[C@H](CCCCNC(=O)CC)C(N)=O.CCCCc1ccc(N(CCCl)CCCl)cc1. The summed E-state index contributed by atoms with van der Waals surface area (Å²) in [7, 11) is 0. The van der Waals surface area contributed by atoms with E-state index in [0.29, 0.717) is 121 Å². The molecule has 1 aromatic carbocycles. The van der Waals surface area contributed by atoms with Crippen molar-refractivity contribution in [3.05, 3.63) is 29.8 Å². The number of amides is 7. The second-order valence-electron chi connectivity index (χ2n) is 25.4. The van der Waals surface area contributed by atoms with Crippen LogP contribution in [0.1, 0.15) is 309 Å².